The SMILES string of the molecule is CCC(=O)N(C(C)C)C1CC1. The van der Waals surface area contributed by atoms with Crippen LogP contribution in [-0.2, 0) is 4.79 Å². The molecule has 0 radical (unpaired) electrons. The fraction of sp³-hybridized carbons (Fsp3) is 0.889. The fourth-order valence-electron chi connectivity index (χ4n) is 1.45. The molecule has 0 aliphatic heterocycles. The molecule has 0 bridgehead atoms. The first-order chi connectivity index (χ1) is 5.16. The summed E-state index contributed by atoms with van der Waals surface area (Å²) in [5.41, 5.74) is 0. The van der Waals surface area contributed by atoms with Gasteiger partial charge >= 0.3 is 0 Å². The molecule has 1 fully saturated rings. The van der Waals surface area contributed by atoms with Crippen LogP contribution in [0.4, 0.5) is 0 Å². The van der Waals surface area contributed by atoms with Crippen LogP contribution in [0.25, 0.3) is 0 Å². The van der Waals surface area contributed by atoms with E-state index in [2.05, 4.69) is 13.8 Å². The molecule has 0 spiro atoms. The van der Waals surface area contributed by atoms with Crippen molar-refractivity contribution in [1.82, 2.24) is 4.90 Å². The van der Waals surface area contributed by atoms with Gasteiger partial charge in [-0.3, -0.25) is 4.79 Å². The second-order valence-electron chi connectivity index (χ2n) is 3.48. The van der Waals surface area contributed by atoms with Gasteiger partial charge < -0.3 is 4.90 Å². The molecule has 0 aromatic carbocycles. The van der Waals surface area contributed by atoms with Crippen molar-refractivity contribution in [2.75, 3.05) is 0 Å². The summed E-state index contributed by atoms with van der Waals surface area (Å²) in [4.78, 5) is 13.4. The molecule has 1 saturated carbocycles. The maximum absolute atomic E-state index is 11.4. The Hall–Kier alpha value is -0.530. The smallest absolute Gasteiger partial charge is 0.222 e. The average Bonchev–Trinajstić information content (AvgIpc) is 2.71. The van der Waals surface area contributed by atoms with Gasteiger partial charge in [0, 0.05) is 18.5 Å². The molecular weight excluding hydrogens is 138 g/mol. The van der Waals surface area contributed by atoms with Crippen LogP contribution >= 0.6 is 0 Å². The highest BCUT2D eigenvalue weighted by atomic mass is 16.2. The lowest BCUT2D eigenvalue weighted by molar-refractivity contribution is -0.133. The van der Waals surface area contributed by atoms with Crippen LogP contribution in [-0.4, -0.2) is 22.9 Å². The van der Waals surface area contributed by atoms with Gasteiger partial charge in [-0.15, -0.1) is 0 Å². The minimum Gasteiger partial charge on any atom is -0.337 e. The van der Waals surface area contributed by atoms with E-state index in [4.69, 9.17) is 0 Å². The van der Waals surface area contributed by atoms with Crippen LogP contribution in [0.3, 0.4) is 0 Å². The Kier molecular flexibility index (Phi) is 2.53. The zero-order valence-corrected chi connectivity index (χ0v) is 7.63. The minimum atomic E-state index is 0.308. The van der Waals surface area contributed by atoms with Crippen molar-refractivity contribution in [3.63, 3.8) is 0 Å². The van der Waals surface area contributed by atoms with Crippen LogP contribution in [0.15, 0.2) is 0 Å². The van der Waals surface area contributed by atoms with Gasteiger partial charge in [0.15, 0.2) is 0 Å². The van der Waals surface area contributed by atoms with E-state index >= 15 is 0 Å². The number of hydrogen-bond acceptors (Lipinski definition) is 1. The molecular formula is C9H17NO. The molecule has 1 aliphatic carbocycles. The summed E-state index contributed by atoms with van der Waals surface area (Å²) >= 11 is 0. The van der Waals surface area contributed by atoms with Crippen molar-refractivity contribution in [2.24, 2.45) is 0 Å². The van der Waals surface area contributed by atoms with E-state index in [0.29, 0.717) is 24.4 Å². The van der Waals surface area contributed by atoms with Crippen molar-refractivity contribution in [3.05, 3.63) is 0 Å². The minimum absolute atomic E-state index is 0.308. The van der Waals surface area contributed by atoms with Crippen molar-refractivity contribution in [1.29, 1.82) is 0 Å². The van der Waals surface area contributed by atoms with Gasteiger partial charge in [0.25, 0.3) is 0 Å². The van der Waals surface area contributed by atoms with Crippen molar-refractivity contribution >= 4 is 5.91 Å². The predicted octanol–water partition coefficient (Wildman–Crippen LogP) is 1.80. The molecule has 0 heterocycles. The van der Waals surface area contributed by atoms with E-state index in [0.717, 1.165) is 0 Å². The maximum Gasteiger partial charge on any atom is 0.222 e. The summed E-state index contributed by atoms with van der Waals surface area (Å²) < 4.78 is 0. The first kappa shape index (κ1) is 8.57. The Morgan fingerprint density at radius 3 is 2.36 bits per heavy atom. The lowest BCUT2D eigenvalue weighted by Gasteiger charge is -2.26. The Bertz CT molecular complexity index is 148. The molecule has 0 aromatic rings. The lowest BCUT2D eigenvalue weighted by atomic mass is 10.3. The highest BCUT2D eigenvalue weighted by Gasteiger charge is 2.33. The van der Waals surface area contributed by atoms with Gasteiger partial charge in [-0.2, -0.15) is 0 Å². The van der Waals surface area contributed by atoms with Gasteiger partial charge in [0.05, 0.1) is 0 Å². The van der Waals surface area contributed by atoms with Gasteiger partial charge in [0.1, 0.15) is 0 Å². The van der Waals surface area contributed by atoms with Crippen molar-refractivity contribution in [2.45, 2.75) is 52.1 Å². The van der Waals surface area contributed by atoms with Crippen LogP contribution in [0.1, 0.15) is 40.0 Å². The molecule has 0 N–H and O–H groups in total. The zero-order valence-electron chi connectivity index (χ0n) is 7.63. The largest absolute Gasteiger partial charge is 0.337 e. The molecule has 11 heavy (non-hydrogen) atoms. The summed E-state index contributed by atoms with van der Waals surface area (Å²) in [6, 6.07) is 0.956. The number of carbonyl (C=O) groups is 1. The van der Waals surface area contributed by atoms with Crippen LogP contribution in [0.5, 0.6) is 0 Å². The number of rotatable bonds is 3. The molecule has 0 saturated heterocycles. The van der Waals surface area contributed by atoms with E-state index in [1.807, 2.05) is 11.8 Å². The van der Waals surface area contributed by atoms with E-state index in [1.165, 1.54) is 12.8 Å². The summed E-state index contributed by atoms with van der Waals surface area (Å²) in [5.74, 6) is 0.308. The summed E-state index contributed by atoms with van der Waals surface area (Å²) in [6.45, 7) is 6.11. The molecule has 1 aliphatic rings. The standard InChI is InChI=1S/C9H17NO/c1-4-9(11)10(7(2)3)8-5-6-8/h7-8H,4-6H2,1-3H3. The molecule has 2 heteroatoms. The Balaban J connectivity index is 2.51. The average molecular weight is 155 g/mol. The van der Waals surface area contributed by atoms with Crippen molar-refractivity contribution in [3.8, 4) is 0 Å². The number of carbonyl (C=O) groups excluding carboxylic acids is 1. The first-order valence-corrected chi connectivity index (χ1v) is 4.48. The Morgan fingerprint density at radius 2 is 2.09 bits per heavy atom. The predicted molar refractivity (Wildman–Crippen MR) is 45.3 cm³/mol. The van der Waals surface area contributed by atoms with E-state index in [9.17, 15) is 4.79 Å². The Labute approximate surface area is 68.6 Å². The third kappa shape index (κ3) is 1.95. The van der Waals surface area contributed by atoms with Crippen LogP contribution < -0.4 is 0 Å². The monoisotopic (exact) mass is 155 g/mol. The molecule has 1 rings (SSSR count). The topological polar surface area (TPSA) is 20.3 Å². The molecule has 0 unspecified atom stereocenters. The molecule has 64 valence electrons. The van der Waals surface area contributed by atoms with Crippen LogP contribution in [0, 0.1) is 0 Å². The van der Waals surface area contributed by atoms with Crippen LogP contribution in [0.2, 0.25) is 0 Å². The third-order valence-electron chi connectivity index (χ3n) is 2.09. The third-order valence-corrected chi connectivity index (χ3v) is 2.09. The highest BCUT2D eigenvalue weighted by Crippen LogP contribution is 2.28. The Morgan fingerprint density at radius 1 is 1.55 bits per heavy atom. The zero-order chi connectivity index (χ0) is 8.43. The van der Waals surface area contributed by atoms with E-state index in [1.54, 1.807) is 0 Å². The molecule has 0 atom stereocenters. The number of amides is 1. The summed E-state index contributed by atoms with van der Waals surface area (Å²) in [6.07, 6.45) is 3.07. The van der Waals surface area contributed by atoms with Gasteiger partial charge in [-0.25, -0.2) is 0 Å². The highest BCUT2D eigenvalue weighted by molar-refractivity contribution is 5.76. The molecule has 2 nitrogen and oxygen atoms in total. The normalized spacial score (nSPS) is 17.1. The van der Waals surface area contributed by atoms with Gasteiger partial charge in [-0.05, 0) is 26.7 Å². The van der Waals surface area contributed by atoms with Crippen molar-refractivity contribution < 1.29 is 4.79 Å². The second-order valence-corrected chi connectivity index (χ2v) is 3.48. The first-order valence-electron chi connectivity index (χ1n) is 4.48. The quantitative estimate of drug-likeness (QED) is 0.608. The molecule has 1 amide bonds. The fourth-order valence-corrected chi connectivity index (χ4v) is 1.45. The molecule has 0 aromatic heterocycles. The summed E-state index contributed by atoms with van der Waals surface area (Å²) in [5, 5.41) is 0. The van der Waals surface area contributed by atoms with Gasteiger partial charge in [0.2, 0.25) is 5.91 Å². The number of hydrogen-bond donors (Lipinski definition) is 0. The van der Waals surface area contributed by atoms with Gasteiger partial charge in [-0.1, -0.05) is 6.92 Å². The number of nitrogens with zero attached hydrogens (tertiary/aromatic N) is 1. The summed E-state index contributed by atoms with van der Waals surface area (Å²) in [7, 11) is 0. The second kappa shape index (κ2) is 3.24. The maximum atomic E-state index is 11.4. The van der Waals surface area contributed by atoms with E-state index < -0.39 is 0 Å². The lowest BCUT2D eigenvalue weighted by Crippen LogP contribution is -2.38. The van der Waals surface area contributed by atoms with E-state index in [-0.39, 0.29) is 0 Å².